The molecule has 3 aromatic rings. The van der Waals surface area contributed by atoms with Crippen LogP contribution in [0.5, 0.6) is 0 Å². The largest absolute Gasteiger partial charge is 0.384 e. The highest BCUT2D eigenvalue weighted by Crippen LogP contribution is 2.25. The lowest BCUT2D eigenvalue weighted by atomic mass is 10.0. The van der Waals surface area contributed by atoms with E-state index in [0.717, 1.165) is 28.2 Å². The van der Waals surface area contributed by atoms with Gasteiger partial charge in [0.15, 0.2) is 0 Å². The minimum absolute atomic E-state index is 0.654. The second-order valence-corrected chi connectivity index (χ2v) is 5.24. The number of hydrogen-bond donors (Lipinski definition) is 2. The summed E-state index contributed by atoms with van der Waals surface area (Å²) in [7, 11) is 0. The number of pyridine rings is 1. The molecule has 0 unspecified atom stereocenters. The SMILES string of the molecule is Cc1cc([C@H](O)c2ccccc2)cnc1Nc1ccccc1. The first-order valence-electron chi connectivity index (χ1n) is 7.25. The van der Waals surface area contributed by atoms with Gasteiger partial charge in [-0.25, -0.2) is 4.98 Å². The van der Waals surface area contributed by atoms with Crippen LogP contribution >= 0.6 is 0 Å². The highest BCUT2D eigenvalue weighted by atomic mass is 16.3. The van der Waals surface area contributed by atoms with Crippen molar-refractivity contribution in [2.24, 2.45) is 0 Å². The van der Waals surface area contributed by atoms with Gasteiger partial charge in [0.2, 0.25) is 0 Å². The summed E-state index contributed by atoms with van der Waals surface area (Å²) in [6.45, 7) is 1.99. The fraction of sp³-hybridized carbons (Fsp3) is 0.105. The number of aryl methyl sites for hydroxylation is 1. The van der Waals surface area contributed by atoms with Crippen LogP contribution in [-0.2, 0) is 0 Å². The average Bonchev–Trinajstić information content (AvgIpc) is 2.58. The van der Waals surface area contributed by atoms with Gasteiger partial charge in [-0.05, 0) is 36.2 Å². The number of anilines is 2. The molecule has 110 valence electrons. The Labute approximate surface area is 130 Å². The van der Waals surface area contributed by atoms with E-state index in [1.807, 2.05) is 73.7 Å². The zero-order valence-electron chi connectivity index (χ0n) is 12.4. The van der Waals surface area contributed by atoms with E-state index in [-0.39, 0.29) is 0 Å². The molecule has 0 radical (unpaired) electrons. The van der Waals surface area contributed by atoms with Crippen LogP contribution < -0.4 is 5.32 Å². The molecule has 0 aliphatic carbocycles. The van der Waals surface area contributed by atoms with Crippen LogP contribution in [0.4, 0.5) is 11.5 Å². The Hall–Kier alpha value is -2.65. The van der Waals surface area contributed by atoms with Gasteiger partial charge in [-0.1, -0.05) is 48.5 Å². The number of para-hydroxylation sites is 1. The summed E-state index contributed by atoms with van der Waals surface area (Å²) < 4.78 is 0. The molecular formula is C19H18N2O. The van der Waals surface area contributed by atoms with E-state index >= 15 is 0 Å². The van der Waals surface area contributed by atoms with Crippen molar-refractivity contribution in [3.05, 3.63) is 89.6 Å². The number of nitrogens with zero attached hydrogens (tertiary/aromatic N) is 1. The lowest BCUT2D eigenvalue weighted by molar-refractivity contribution is 0.220. The number of aliphatic hydroxyl groups excluding tert-OH is 1. The first-order valence-corrected chi connectivity index (χ1v) is 7.25. The lowest BCUT2D eigenvalue weighted by Crippen LogP contribution is -2.03. The van der Waals surface area contributed by atoms with E-state index in [2.05, 4.69) is 10.3 Å². The monoisotopic (exact) mass is 290 g/mol. The van der Waals surface area contributed by atoms with E-state index in [1.54, 1.807) is 6.20 Å². The van der Waals surface area contributed by atoms with Gasteiger partial charge in [0.25, 0.3) is 0 Å². The van der Waals surface area contributed by atoms with Crippen LogP contribution in [-0.4, -0.2) is 10.1 Å². The first-order chi connectivity index (χ1) is 10.7. The Bertz CT molecular complexity index is 742. The summed E-state index contributed by atoms with van der Waals surface area (Å²) in [5.41, 5.74) is 3.65. The minimum Gasteiger partial charge on any atom is -0.384 e. The molecule has 0 aliphatic rings. The Morgan fingerprint density at radius 1 is 0.909 bits per heavy atom. The maximum Gasteiger partial charge on any atom is 0.133 e. The molecule has 22 heavy (non-hydrogen) atoms. The maximum absolute atomic E-state index is 10.4. The molecule has 1 aromatic heterocycles. The predicted octanol–water partition coefficient (Wildman–Crippen LogP) is 4.22. The van der Waals surface area contributed by atoms with E-state index in [1.165, 1.54) is 0 Å². The van der Waals surface area contributed by atoms with Crippen LogP contribution in [0.15, 0.2) is 72.9 Å². The van der Waals surface area contributed by atoms with Gasteiger partial charge < -0.3 is 10.4 Å². The van der Waals surface area contributed by atoms with Crippen LogP contribution in [0.3, 0.4) is 0 Å². The molecule has 0 fully saturated rings. The van der Waals surface area contributed by atoms with E-state index in [9.17, 15) is 5.11 Å². The zero-order chi connectivity index (χ0) is 15.4. The molecule has 0 bridgehead atoms. The molecule has 0 saturated heterocycles. The summed E-state index contributed by atoms with van der Waals surface area (Å²) in [4.78, 5) is 4.45. The normalized spacial score (nSPS) is 11.9. The van der Waals surface area contributed by atoms with Gasteiger partial charge in [0, 0.05) is 17.4 Å². The van der Waals surface area contributed by atoms with Gasteiger partial charge in [0.1, 0.15) is 11.9 Å². The van der Waals surface area contributed by atoms with Gasteiger partial charge >= 0.3 is 0 Å². The van der Waals surface area contributed by atoms with Crippen molar-refractivity contribution < 1.29 is 5.11 Å². The van der Waals surface area contributed by atoms with Crippen molar-refractivity contribution in [2.45, 2.75) is 13.0 Å². The molecule has 0 saturated carbocycles. The highest BCUT2D eigenvalue weighted by molar-refractivity contribution is 5.59. The van der Waals surface area contributed by atoms with Crippen molar-refractivity contribution in [1.82, 2.24) is 4.98 Å². The number of aromatic nitrogens is 1. The summed E-state index contributed by atoms with van der Waals surface area (Å²) in [5.74, 6) is 0.801. The number of benzene rings is 2. The summed E-state index contributed by atoms with van der Waals surface area (Å²) >= 11 is 0. The van der Waals surface area contributed by atoms with Gasteiger partial charge in [-0.3, -0.25) is 0 Å². The van der Waals surface area contributed by atoms with Gasteiger partial charge in [-0.2, -0.15) is 0 Å². The third-order valence-corrected chi connectivity index (χ3v) is 3.57. The molecule has 1 heterocycles. The number of aliphatic hydroxyl groups is 1. The number of nitrogens with one attached hydrogen (secondary N) is 1. The molecule has 0 amide bonds. The summed E-state index contributed by atoms with van der Waals surface area (Å²) in [6.07, 6.45) is 1.06. The number of rotatable bonds is 4. The van der Waals surface area contributed by atoms with Crippen molar-refractivity contribution in [3.8, 4) is 0 Å². The smallest absolute Gasteiger partial charge is 0.133 e. The average molecular weight is 290 g/mol. The van der Waals surface area contributed by atoms with Crippen molar-refractivity contribution in [2.75, 3.05) is 5.32 Å². The fourth-order valence-corrected chi connectivity index (χ4v) is 2.36. The maximum atomic E-state index is 10.4. The predicted molar refractivity (Wildman–Crippen MR) is 89.2 cm³/mol. The molecule has 3 nitrogen and oxygen atoms in total. The molecule has 2 N–H and O–H groups in total. The summed E-state index contributed by atoms with van der Waals surface area (Å²) in [5, 5.41) is 13.7. The minimum atomic E-state index is -0.654. The number of hydrogen-bond acceptors (Lipinski definition) is 3. The van der Waals surface area contributed by atoms with Crippen LogP contribution in [0, 0.1) is 6.92 Å². The fourth-order valence-electron chi connectivity index (χ4n) is 2.36. The van der Waals surface area contributed by atoms with Crippen LogP contribution in [0.1, 0.15) is 22.8 Å². The molecule has 3 heteroatoms. The Morgan fingerprint density at radius 2 is 1.55 bits per heavy atom. The third kappa shape index (κ3) is 3.15. The van der Waals surface area contributed by atoms with Crippen LogP contribution in [0.25, 0.3) is 0 Å². The van der Waals surface area contributed by atoms with Crippen molar-refractivity contribution in [3.63, 3.8) is 0 Å². The lowest BCUT2D eigenvalue weighted by Gasteiger charge is -2.14. The molecule has 2 aromatic carbocycles. The van der Waals surface area contributed by atoms with E-state index in [0.29, 0.717) is 0 Å². The summed E-state index contributed by atoms with van der Waals surface area (Å²) in [6, 6.07) is 21.5. The van der Waals surface area contributed by atoms with E-state index < -0.39 is 6.10 Å². The van der Waals surface area contributed by atoms with Crippen LogP contribution in [0.2, 0.25) is 0 Å². The molecule has 1 atom stereocenters. The molecular weight excluding hydrogens is 272 g/mol. The second-order valence-electron chi connectivity index (χ2n) is 5.24. The zero-order valence-corrected chi connectivity index (χ0v) is 12.4. The second kappa shape index (κ2) is 6.41. The third-order valence-electron chi connectivity index (χ3n) is 3.57. The molecule has 0 aliphatic heterocycles. The van der Waals surface area contributed by atoms with Crippen molar-refractivity contribution in [1.29, 1.82) is 0 Å². The molecule has 0 spiro atoms. The first kappa shape index (κ1) is 14.3. The standard InChI is InChI=1S/C19H18N2O/c1-14-12-16(18(22)15-8-4-2-5-9-15)13-20-19(14)21-17-10-6-3-7-11-17/h2-13,18,22H,1H3,(H,20,21)/t18-/m1/s1. The quantitative estimate of drug-likeness (QED) is 0.756. The van der Waals surface area contributed by atoms with Crippen molar-refractivity contribution >= 4 is 11.5 Å². The highest BCUT2D eigenvalue weighted by Gasteiger charge is 2.12. The van der Waals surface area contributed by atoms with E-state index in [4.69, 9.17) is 0 Å². The Morgan fingerprint density at radius 3 is 2.18 bits per heavy atom. The topological polar surface area (TPSA) is 45.2 Å². The Balaban J connectivity index is 1.83. The van der Waals surface area contributed by atoms with Gasteiger partial charge in [0.05, 0.1) is 0 Å². The molecule has 3 rings (SSSR count). The van der Waals surface area contributed by atoms with Gasteiger partial charge in [-0.15, -0.1) is 0 Å². The Kier molecular flexibility index (Phi) is 4.17.